The molecule has 0 unspecified atom stereocenters. The van der Waals surface area contributed by atoms with E-state index in [-0.39, 0.29) is 13.2 Å². The number of hydrogen-bond acceptors (Lipinski definition) is 3. The van der Waals surface area contributed by atoms with Crippen molar-refractivity contribution in [2.75, 3.05) is 13.2 Å². The molecule has 16 heavy (non-hydrogen) atoms. The Morgan fingerprint density at radius 2 is 1.88 bits per heavy atom. The first-order chi connectivity index (χ1) is 7.83. The fourth-order valence-corrected chi connectivity index (χ4v) is 1.13. The molecule has 0 aromatic heterocycles. The molecule has 1 aromatic carbocycles. The van der Waals surface area contributed by atoms with Gasteiger partial charge >= 0.3 is 0 Å². The van der Waals surface area contributed by atoms with E-state index < -0.39 is 0 Å². The second kappa shape index (κ2) is 6.16. The Kier molecular flexibility index (Phi) is 4.50. The van der Waals surface area contributed by atoms with Crippen molar-refractivity contribution in [3.05, 3.63) is 23.8 Å². The lowest BCUT2D eigenvalue weighted by Gasteiger charge is -2.11. The molecule has 0 N–H and O–H groups in total. The van der Waals surface area contributed by atoms with Gasteiger partial charge in [0, 0.05) is 0 Å². The fraction of sp³-hybridized carbons (Fsp3) is 0.154. The molecule has 80 valence electrons. The zero-order valence-corrected chi connectivity index (χ0v) is 8.60. The Morgan fingerprint density at radius 1 is 1.19 bits per heavy atom. The minimum absolute atomic E-state index is 0.0667. The number of ether oxygens (including phenoxy) is 2. The van der Waals surface area contributed by atoms with Crippen molar-refractivity contribution in [2.45, 2.75) is 0 Å². The highest BCUT2D eigenvalue weighted by atomic mass is 16.5. The molecular formula is C13H10O3. The van der Waals surface area contributed by atoms with Crippen LogP contribution in [0.4, 0.5) is 0 Å². The van der Waals surface area contributed by atoms with Crippen LogP contribution in [0.5, 0.6) is 11.5 Å². The Bertz CT molecular complexity index is 449. The predicted octanol–water partition coefficient (Wildman–Crippen LogP) is 1.52. The van der Waals surface area contributed by atoms with E-state index in [2.05, 4.69) is 11.8 Å². The van der Waals surface area contributed by atoms with Gasteiger partial charge in [0.15, 0.2) is 17.8 Å². The minimum Gasteiger partial charge on any atom is -0.477 e. The molecule has 0 atom stereocenters. The summed E-state index contributed by atoms with van der Waals surface area (Å²) in [7, 11) is 0. The molecular weight excluding hydrogens is 204 g/mol. The van der Waals surface area contributed by atoms with Gasteiger partial charge in [0.2, 0.25) is 0 Å². The number of carbonyl (C=O) groups excluding carboxylic acids is 1. The standard InChI is InChI=1S/C13H10O3/c1-3-8-15-12-7-5-6-11(10-14)13(12)16-9-4-2/h1-2,5-7,10H,8-9H2. The number of benzene rings is 1. The van der Waals surface area contributed by atoms with E-state index in [1.165, 1.54) is 0 Å². The lowest BCUT2D eigenvalue weighted by molar-refractivity contribution is 0.111. The normalized spacial score (nSPS) is 8.62. The summed E-state index contributed by atoms with van der Waals surface area (Å²) in [5.74, 6) is 5.39. The van der Waals surface area contributed by atoms with Gasteiger partial charge in [-0.3, -0.25) is 4.79 Å². The van der Waals surface area contributed by atoms with Crippen LogP contribution in [0, 0.1) is 24.7 Å². The zero-order valence-electron chi connectivity index (χ0n) is 8.60. The first kappa shape index (κ1) is 11.7. The first-order valence-corrected chi connectivity index (χ1v) is 4.54. The number of terminal acetylenes is 2. The van der Waals surface area contributed by atoms with E-state index >= 15 is 0 Å². The molecule has 0 fully saturated rings. The van der Waals surface area contributed by atoms with Gasteiger partial charge in [0.05, 0.1) is 5.56 Å². The van der Waals surface area contributed by atoms with Crippen molar-refractivity contribution in [3.8, 4) is 36.2 Å². The van der Waals surface area contributed by atoms with Gasteiger partial charge in [-0.05, 0) is 12.1 Å². The van der Waals surface area contributed by atoms with Crippen LogP contribution in [0.1, 0.15) is 10.4 Å². The van der Waals surface area contributed by atoms with Gasteiger partial charge in [-0.25, -0.2) is 0 Å². The van der Waals surface area contributed by atoms with Crippen molar-refractivity contribution >= 4 is 6.29 Å². The van der Waals surface area contributed by atoms with Crippen molar-refractivity contribution in [2.24, 2.45) is 0 Å². The van der Waals surface area contributed by atoms with Crippen LogP contribution in [-0.4, -0.2) is 19.5 Å². The quantitative estimate of drug-likeness (QED) is 0.550. The summed E-state index contributed by atoms with van der Waals surface area (Å²) in [5, 5.41) is 0. The molecule has 0 aliphatic rings. The van der Waals surface area contributed by atoms with Crippen LogP contribution in [0.3, 0.4) is 0 Å². The molecule has 0 bridgehead atoms. The smallest absolute Gasteiger partial charge is 0.173 e. The number of carbonyl (C=O) groups is 1. The van der Waals surface area contributed by atoms with Gasteiger partial charge in [-0.15, -0.1) is 12.8 Å². The van der Waals surface area contributed by atoms with E-state index in [1.807, 2.05) is 0 Å². The number of aldehydes is 1. The maximum atomic E-state index is 10.8. The van der Waals surface area contributed by atoms with Crippen molar-refractivity contribution < 1.29 is 14.3 Å². The third kappa shape index (κ3) is 2.80. The Morgan fingerprint density at radius 3 is 2.50 bits per heavy atom. The van der Waals surface area contributed by atoms with E-state index in [9.17, 15) is 4.79 Å². The highest BCUT2D eigenvalue weighted by molar-refractivity contribution is 5.81. The van der Waals surface area contributed by atoms with E-state index in [1.54, 1.807) is 18.2 Å². The average molecular weight is 214 g/mol. The molecule has 1 aromatic rings. The van der Waals surface area contributed by atoms with Gasteiger partial charge in [-0.1, -0.05) is 17.9 Å². The molecule has 0 aliphatic carbocycles. The molecule has 3 nitrogen and oxygen atoms in total. The summed E-state index contributed by atoms with van der Waals surface area (Å²) >= 11 is 0. The van der Waals surface area contributed by atoms with Crippen LogP contribution < -0.4 is 9.47 Å². The van der Waals surface area contributed by atoms with Crippen LogP contribution in [0.2, 0.25) is 0 Å². The highest BCUT2D eigenvalue weighted by Crippen LogP contribution is 2.30. The summed E-state index contributed by atoms with van der Waals surface area (Å²) < 4.78 is 10.5. The Balaban J connectivity index is 3.01. The summed E-state index contributed by atoms with van der Waals surface area (Å²) in [5.41, 5.74) is 0.379. The average Bonchev–Trinajstić information content (AvgIpc) is 2.33. The van der Waals surface area contributed by atoms with Crippen LogP contribution in [-0.2, 0) is 0 Å². The van der Waals surface area contributed by atoms with Gasteiger partial charge in [0.25, 0.3) is 0 Å². The van der Waals surface area contributed by atoms with Crippen molar-refractivity contribution in [1.82, 2.24) is 0 Å². The zero-order chi connectivity index (χ0) is 11.8. The minimum atomic E-state index is 0.0667. The summed E-state index contributed by atoms with van der Waals surface area (Å²) in [6.45, 7) is 0.173. The molecule has 1 rings (SSSR count). The van der Waals surface area contributed by atoms with E-state index in [0.717, 1.165) is 0 Å². The van der Waals surface area contributed by atoms with Crippen LogP contribution in [0.15, 0.2) is 18.2 Å². The number of para-hydroxylation sites is 1. The molecule has 0 aliphatic heterocycles. The third-order valence-corrected chi connectivity index (χ3v) is 1.75. The summed E-state index contributed by atoms with van der Waals surface area (Å²) in [4.78, 5) is 10.8. The topological polar surface area (TPSA) is 35.5 Å². The van der Waals surface area contributed by atoms with Gasteiger partial charge in [0.1, 0.15) is 13.2 Å². The third-order valence-electron chi connectivity index (χ3n) is 1.75. The fourth-order valence-electron chi connectivity index (χ4n) is 1.13. The molecule has 0 heterocycles. The SMILES string of the molecule is C#CCOc1cccc(C=O)c1OCC#C. The predicted molar refractivity (Wildman–Crippen MR) is 60.5 cm³/mol. The van der Waals surface area contributed by atoms with Gasteiger partial charge < -0.3 is 9.47 Å². The lowest BCUT2D eigenvalue weighted by atomic mass is 10.2. The maximum absolute atomic E-state index is 10.8. The first-order valence-electron chi connectivity index (χ1n) is 4.54. The van der Waals surface area contributed by atoms with Gasteiger partial charge in [-0.2, -0.15) is 0 Å². The molecule has 0 saturated heterocycles. The molecule has 0 amide bonds. The number of rotatable bonds is 5. The second-order valence-corrected chi connectivity index (χ2v) is 2.78. The monoisotopic (exact) mass is 214 g/mol. The van der Waals surface area contributed by atoms with E-state index in [0.29, 0.717) is 23.3 Å². The molecule has 0 saturated carbocycles. The second-order valence-electron chi connectivity index (χ2n) is 2.78. The summed E-state index contributed by atoms with van der Waals surface area (Å²) in [6.07, 6.45) is 10.8. The highest BCUT2D eigenvalue weighted by Gasteiger charge is 2.09. The molecule has 0 spiro atoms. The maximum Gasteiger partial charge on any atom is 0.173 e. The number of hydrogen-bond donors (Lipinski definition) is 0. The van der Waals surface area contributed by atoms with Crippen LogP contribution in [0.25, 0.3) is 0 Å². The Hall–Kier alpha value is -2.39. The molecule has 3 heteroatoms. The van der Waals surface area contributed by atoms with E-state index in [4.69, 9.17) is 22.3 Å². The summed E-state index contributed by atoms with van der Waals surface area (Å²) in [6, 6.07) is 4.95. The Labute approximate surface area is 94.4 Å². The largest absolute Gasteiger partial charge is 0.477 e. The van der Waals surface area contributed by atoms with Crippen molar-refractivity contribution in [3.63, 3.8) is 0 Å². The van der Waals surface area contributed by atoms with Crippen LogP contribution >= 0.6 is 0 Å². The lowest BCUT2D eigenvalue weighted by Crippen LogP contribution is -2.02. The molecule has 0 radical (unpaired) electrons. The van der Waals surface area contributed by atoms with Crippen molar-refractivity contribution in [1.29, 1.82) is 0 Å².